The number of halogens is 1. The van der Waals surface area contributed by atoms with E-state index in [0.717, 1.165) is 18.7 Å². The van der Waals surface area contributed by atoms with E-state index in [9.17, 15) is 4.39 Å². The first-order chi connectivity index (χ1) is 8.74. The summed E-state index contributed by atoms with van der Waals surface area (Å²) in [5.41, 5.74) is 7.32. The summed E-state index contributed by atoms with van der Waals surface area (Å²) in [6.45, 7) is 2.82. The SMILES string of the molecule is CCCN(c1ccccc1)c1cccc(N)c1F. The summed E-state index contributed by atoms with van der Waals surface area (Å²) in [6.07, 6.45) is 0.934. The topological polar surface area (TPSA) is 29.3 Å². The van der Waals surface area contributed by atoms with E-state index in [-0.39, 0.29) is 11.5 Å². The molecule has 0 radical (unpaired) electrons. The van der Waals surface area contributed by atoms with E-state index in [1.54, 1.807) is 18.2 Å². The predicted octanol–water partition coefficient (Wildman–Crippen LogP) is 3.96. The lowest BCUT2D eigenvalue weighted by atomic mass is 10.2. The van der Waals surface area contributed by atoms with E-state index in [4.69, 9.17) is 5.73 Å². The fourth-order valence-corrected chi connectivity index (χ4v) is 1.97. The van der Waals surface area contributed by atoms with Crippen molar-refractivity contribution < 1.29 is 4.39 Å². The average molecular weight is 244 g/mol. The summed E-state index contributed by atoms with van der Waals surface area (Å²) < 4.78 is 14.1. The van der Waals surface area contributed by atoms with Gasteiger partial charge in [-0.15, -0.1) is 0 Å². The Kier molecular flexibility index (Phi) is 3.82. The summed E-state index contributed by atoms with van der Waals surface area (Å²) in [6, 6.07) is 14.9. The third-order valence-corrected chi connectivity index (χ3v) is 2.81. The molecule has 94 valence electrons. The van der Waals surface area contributed by atoms with Crippen molar-refractivity contribution in [2.45, 2.75) is 13.3 Å². The quantitative estimate of drug-likeness (QED) is 0.825. The molecule has 2 aromatic rings. The summed E-state index contributed by atoms with van der Waals surface area (Å²) in [5.74, 6) is -0.352. The van der Waals surface area contributed by atoms with Gasteiger partial charge in [0.15, 0.2) is 5.82 Å². The summed E-state index contributed by atoms with van der Waals surface area (Å²) in [5, 5.41) is 0. The van der Waals surface area contributed by atoms with Gasteiger partial charge in [-0.1, -0.05) is 31.2 Å². The number of rotatable bonds is 4. The lowest BCUT2D eigenvalue weighted by Crippen LogP contribution is -2.19. The van der Waals surface area contributed by atoms with Gasteiger partial charge in [0.1, 0.15) is 0 Å². The molecule has 0 bridgehead atoms. The van der Waals surface area contributed by atoms with Crippen molar-refractivity contribution in [3.05, 3.63) is 54.3 Å². The van der Waals surface area contributed by atoms with Crippen LogP contribution in [0.25, 0.3) is 0 Å². The van der Waals surface area contributed by atoms with Crippen LogP contribution in [0.4, 0.5) is 21.5 Å². The first-order valence-corrected chi connectivity index (χ1v) is 6.10. The molecule has 2 N–H and O–H groups in total. The molecule has 0 atom stereocenters. The third-order valence-electron chi connectivity index (χ3n) is 2.81. The van der Waals surface area contributed by atoms with Crippen molar-refractivity contribution in [2.75, 3.05) is 17.2 Å². The van der Waals surface area contributed by atoms with Crippen LogP contribution in [-0.2, 0) is 0 Å². The number of anilines is 3. The average Bonchev–Trinajstić information content (AvgIpc) is 2.41. The number of hydrogen-bond donors (Lipinski definition) is 1. The van der Waals surface area contributed by atoms with Crippen molar-refractivity contribution in [1.82, 2.24) is 0 Å². The van der Waals surface area contributed by atoms with Crippen molar-refractivity contribution in [2.24, 2.45) is 0 Å². The highest BCUT2D eigenvalue weighted by Gasteiger charge is 2.14. The normalized spacial score (nSPS) is 10.3. The molecule has 0 aliphatic heterocycles. The van der Waals surface area contributed by atoms with Gasteiger partial charge < -0.3 is 10.6 Å². The second-order valence-corrected chi connectivity index (χ2v) is 4.17. The van der Waals surface area contributed by atoms with Crippen LogP contribution in [0, 0.1) is 5.82 Å². The van der Waals surface area contributed by atoms with E-state index in [2.05, 4.69) is 6.92 Å². The van der Waals surface area contributed by atoms with Crippen LogP contribution in [0.3, 0.4) is 0 Å². The maximum Gasteiger partial charge on any atom is 0.169 e. The molecular weight excluding hydrogens is 227 g/mol. The first kappa shape index (κ1) is 12.4. The van der Waals surface area contributed by atoms with Crippen molar-refractivity contribution >= 4 is 17.1 Å². The minimum Gasteiger partial charge on any atom is -0.396 e. The van der Waals surface area contributed by atoms with Crippen LogP contribution in [0.5, 0.6) is 0 Å². The molecule has 0 unspecified atom stereocenters. The maximum atomic E-state index is 14.1. The third kappa shape index (κ3) is 2.45. The molecule has 2 aromatic carbocycles. The van der Waals surface area contributed by atoms with Gasteiger partial charge in [0, 0.05) is 12.2 Å². The Balaban J connectivity index is 2.45. The minimum atomic E-state index is -0.352. The Bertz CT molecular complexity index is 511. The summed E-state index contributed by atoms with van der Waals surface area (Å²) in [4.78, 5) is 1.95. The second kappa shape index (κ2) is 5.54. The Morgan fingerprint density at radius 2 is 1.78 bits per heavy atom. The lowest BCUT2D eigenvalue weighted by Gasteiger charge is -2.25. The molecule has 18 heavy (non-hydrogen) atoms. The maximum absolute atomic E-state index is 14.1. The van der Waals surface area contributed by atoms with E-state index in [1.165, 1.54) is 0 Å². The van der Waals surface area contributed by atoms with Crippen molar-refractivity contribution in [1.29, 1.82) is 0 Å². The predicted molar refractivity (Wildman–Crippen MR) is 74.6 cm³/mol. The van der Waals surface area contributed by atoms with E-state index in [0.29, 0.717) is 5.69 Å². The summed E-state index contributed by atoms with van der Waals surface area (Å²) >= 11 is 0. The Morgan fingerprint density at radius 1 is 1.06 bits per heavy atom. The molecule has 2 nitrogen and oxygen atoms in total. The molecule has 3 heteroatoms. The molecule has 0 heterocycles. The molecule has 0 fully saturated rings. The van der Waals surface area contributed by atoms with Gasteiger partial charge in [0.25, 0.3) is 0 Å². The van der Waals surface area contributed by atoms with E-state index in [1.807, 2.05) is 35.2 Å². The highest BCUT2D eigenvalue weighted by molar-refractivity contribution is 5.67. The number of nitrogens with two attached hydrogens (primary N) is 1. The molecule has 0 spiro atoms. The van der Waals surface area contributed by atoms with Crippen LogP contribution in [0.1, 0.15) is 13.3 Å². The van der Waals surface area contributed by atoms with Crippen LogP contribution < -0.4 is 10.6 Å². The molecule has 0 saturated carbocycles. The van der Waals surface area contributed by atoms with Crippen LogP contribution in [-0.4, -0.2) is 6.54 Å². The van der Waals surface area contributed by atoms with Gasteiger partial charge in [-0.05, 0) is 30.7 Å². The first-order valence-electron chi connectivity index (χ1n) is 6.10. The van der Waals surface area contributed by atoms with Gasteiger partial charge in [0.2, 0.25) is 0 Å². The molecule has 0 aliphatic carbocycles. The number of nitrogen functional groups attached to an aromatic ring is 1. The van der Waals surface area contributed by atoms with Gasteiger partial charge in [-0.3, -0.25) is 0 Å². The van der Waals surface area contributed by atoms with Crippen LogP contribution in [0.2, 0.25) is 0 Å². The van der Waals surface area contributed by atoms with Gasteiger partial charge in [-0.25, -0.2) is 4.39 Å². The highest BCUT2D eigenvalue weighted by Crippen LogP contribution is 2.30. The second-order valence-electron chi connectivity index (χ2n) is 4.17. The van der Waals surface area contributed by atoms with Crippen molar-refractivity contribution in [3.63, 3.8) is 0 Å². The number of hydrogen-bond acceptors (Lipinski definition) is 2. The largest absolute Gasteiger partial charge is 0.396 e. The van der Waals surface area contributed by atoms with Crippen molar-refractivity contribution in [3.8, 4) is 0 Å². The number of benzene rings is 2. The lowest BCUT2D eigenvalue weighted by molar-refractivity contribution is 0.629. The van der Waals surface area contributed by atoms with Crippen LogP contribution >= 0.6 is 0 Å². The van der Waals surface area contributed by atoms with E-state index < -0.39 is 0 Å². The zero-order chi connectivity index (χ0) is 13.0. The molecule has 0 aliphatic rings. The Labute approximate surface area is 107 Å². The molecular formula is C15H17FN2. The zero-order valence-electron chi connectivity index (χ0n) is 10.4. The van der Waals surface area contributed by atoms with Crippen LogP contribution in [0.15, 0.2) is 48.5 Å². The summed E-state index contributed by atoms with van der Waals surface area (Å²) in [7, 11) is 0. The smallest absolute Gasteiger partial charge is 0.169 e. The Morgan fingerprint density at radius 3 is 2.44 bits per heavy atom. The fourth-order valence-electron chi connectivity index (χ4n) is 1.97. The minimum absolute atomic E-state index is 0.185. The molecule has 0 aromatic heterocycles. The molecule has 0 saturated heterocycles. The van der Waals surface area contributed by atoms with E-state index >= 15 is 0 Å². The zero-order valence-corrected chi connectivity index (χ0v) is 10.4. The van der Waals surface area contributed by atoms with Gasteiger partial charge in [0.05, 0.1) is 11.4 Å². The highest BCUT2D eigenvalue weighted by atomic mass is 19.1. The monoisotopic (exact) mass is 244 g/mol. The van der Waals surface area contributed by atoms with Gasteiger partial charge >= 0.3 is 0 Å². The molecule has 2 rings (SSSR count). The number of nitrogens with zero attached hydrogens (tertiary/aromatic N) is 1. The Hall–Kier alpha value is -2.03. The van der Waals surface area contributed by atoms with Gasteiger partial charge in [-0.2, -0.15) is 0 Å². The number of para-hydroxylation sites is 1. The molecule has 0 amide bonds. The standard InChI is InChI=1S/C15H17FN2/c1-2-11-18(12-7-4-3-5-8-12)14-10-6-9-13(17)15(14)16/h3-10H,2,11,17H2,1H3. The fraction of sp³-hybridized carbons (Fsp3) is 0.200.